The summed E-state index contributed by atoms with van der Waals surface area (Å²) in [6.45, 7) is 9.00. The number of amides is 1. The number of carbonyl (C=O) groups excluding carboxylic acids is 1. The second-order valence-corrected chi connectivity index (χ2v) is 6.92. The SMILES string of the molecule is CCC(Oc1cc(C)ccc1C)C(=O)NC(C)c1ccc2c(c1)OCCO2. The second kappa shape index (κ2) is 8.33. The molecule has 1 amide bonds. The molecule has 144 valence electrons. The molecule has 3 rings (SSSR count). The average Bonchev–Trinajstić information content (AvgIpc) is 2.68. The lowest BCUT2D eigenvalue weighted by atomic mass is 10.1. The van der Waals surface area contributed by atoms with Crippen LogP contribution in [0.15, 0.2) is 36.4 Å². The molecule has 5 nitrogen and oxygen atoms in total. The van der Waals surface area contributed by atoms with Crippen molar-refractivity contribution >= 4 is 5.91 Å². The number of aryl methyl sites for hydroxylation is 2. The van der Waals surface area contributed by atoms with Crippen LogP contribution in [0.2, 0.25) is 0 Å². The minimum Gasteiger partial charge on any atom is -0.486 e. The van der Waals surface area contributed by atoms with Crippen molar-refractivity contribution in [3.63, 3.8) is 0 Å². The number of fused-ring (bicyclic) bond motifs is 1. The quantitative estimate of drug-likeness (QED) is 0.833. The van der Waals surface area contributed by atoms with Crippen LogP contribution in [0.3, 0.4) is 0 Å². The lowest BCUT2D eigenvalue weighted by Gasteiger charge is -2.23. The zero-order chi connectivity index (χ0) is 19.4. The van der Waals surface area contributed by atoms with Gasteiger partial charge in [0.05, 0.1) is 6.04 Å². The molecule has 0 aromatic heterocycles. The Hall–Kier alpha value is -2.69. The fourth-order valence-corrected chi connectivity index (χ4v) is 3.03. The third kappa shape index (κ3) is 4.54. The maximum Gasteiger partial charge on any atom is 0.261 e. The molecule has 2 unspecified atom stereocenters. The monoisotopic (exact) mass is 369 g/mol. The zero-order valence-electron chi connectivity index (χ0n) is 16.4. The third-order valence-electron chi connectivity index (χ3n) is 4.70. The Balaban J connectivity index is 1.68. The van der Waals surface area contributed by atoms with Gasteiger partial charge in [0.2, 0.25) is 0 Å². The Bertz CT molecular complexity index is 818. The molecule has 1 aliphatic heterocycles. The summed E-state index contributed by atoms with van der Waals surface area (Å²) in [5.74, 6) is 2.09. The number of carbonyl (C=O) groups is 1. The molecule has 1 N–H and O–H groups in total. The van der Waals surface area contributed by atoms with E-state index in [2.05, 4.69) is 5.32 Å². The van der Waals surface area contributed by atoms with E-state index in [-0.39, 0.29) is 11.9 Å². The molecule has 0 aliphatic carbocycles. The highest BCUT2D eigenvalue weighted by Crippen LogP contribution is 2.32. The predicted molar refractivity (Wildman–Crippen MR) is 105 cm³/mol. The van der Waals surface area contributed by atoms with Gasteiger partial charge in [0.1, 0.15) is 19.0 Å². The largest absolute Gasteiger partial charge is 0.486 e. The smallest absolute Gasteiger partial charge is 0.261 e. The van der Waals surface area contributed by atoms with Crippen LogP contribution in [0, 0.1) is 13.8 Å². The standard InChI is InChI=1S/C22H27NO4/c1-5-18(27-20-12-14(2)6-7-15(20)3)22(24)23-16(4)17-8-9-19-21(13-17)26-11-10-25-19/h6-9,12-13,16,18H,5,10-11H2,1-4H3,(H,23,24). The number of rotatable bonds is 6. The van der Waals surface area contributed by atoms with Crippen LogP contribution in [0.4, 0.5) is 0 Å². The molecular formula is C22H27NO4. The van der Waals surface area contributed by atoms with E-state index in [1.807, 2.05) is 64.1 Å². The molecule has 5 heteroatoms. The highest BCUT2D eigenvalue weighted by molar-refractivity contribution is 5.81. The van der Waals surface area contributed by atoms with Gasteiger partial charge in [0.15, 0.2) is 17.6 Å². The van der Waals surface area contributed by atoms with Crippen LogP contribution in [-0.4, -0.2) is 25.2 Å². The third-order valence-corrected chi connectivity index (χ3v) is 4.70. The Kier molecular flexibility index (Phi) is 5.89. The van der Waals surface area contributed by atoms with Crippen molar-refractivity contribution < 1.29 is 19.0 Å². The lowest BCUT2D eigenvalue weighted by Crippen LogP contribution is -2.39. The van der Waals surface area contributed by atoms with E-state index in [9.17, 15) is 4.79 Å². The molecule has 27 heavy (non-hydrogen) atoms. The van der Waals surface area contributed by atoms with Gasteiger partial charge in [-0.25, -0.2) is 0 Å². The van der Waals surface area contributed by atoms with E-state index in [4.69, 9.17) is 14.2 Å². The highest BCUT2D eigenvalue weighted by Gasteiger charge is 2.22. The molecule has 0 radical (unpaired) electrons. The number of benzene rings is 2. The van der Waals surface area contributed by atoms with Gasteiger partial charge in [-0.15, -0.1) is 0 Å². The molecule has 0 spiro atoms. The minimum absolute atomic E-state index is 0.124. The predicted octanol–water partition coefficient (Wildman–Crippen LogP) is 4.11. The van der Waals surface area contributed by atoms with Crippen molar-refractivity contribution in [2.45, 2.75) is 46.3 Å². The van der Waals surface area contributed by atoms with E-state index in [0.717, 1.165) is 33.9 Å². The summed E-state index contributed by atoms with van der Waals surface area (Å²) in [5.41, 5.74) is 3.09. The fraction of sp³-hybridized carbons (Fsp3) is 0.409. The Labute approximate surface area is 160 Å². The number of nitrogens with one attached hydrogen (secondary N) is 1. The van der Waals surface area contributed by atoms with Gasteiger partial charge >= 0.3 is 0 Å². The number of hydrogen-bond acceptors (Lipinski definition) is 4. The van der Waals surface area contributed by atoms with Crippen molar-refractivity contribution in [2.75, 3.05) is 13.2 Å². The number of hydrogen-bond donors (Lipinski definition) is 1. The second-order valence-electron chi connectivity index (χ2n) is 6.92. The summed E-state index contributed by atoms with van der Waals surface area (Å²) in [4.78, 5) is 12.8. The van der Waals surface area contributed by atoms with Gasteiger partial charge in [-0.05, 0) is 62.1 Å². The molecule has 1 heterocycles. The first-order chi connectivity index (χ1) is 13.0. The fourth-order valence-electron chi connectivity index (χ4n) is 3.03. The summed E-state index contributed by atoms with van der Waals surface area (Å²) in [6.07, 6.45) is 0.0535. The van der Waals surface area contributed by atoms with E-state index in [1.54, 1.807) is 0 Å². The van der Waals surface area contributed by atoms with Crippen molar-refractivity contribution in [1.82, 2.24) is 5.32 Å². The molecule has 2 aromatic carbocycles. The van der Waals surface area contributed by atoms with Crippen molar-refractivity contribution in [2.24, 2.45) is 0 Å². The molecular weight excluding hydrogens is 342 g/mol. The van der Waals surface area contributed by atoms with Crippen LogP contribution in [0.1, 0.15) is 43.0 Å². The van der Waals surface area contributed by atoms with Crippen molar-refractivity contribution in [3.8, 4) is 17.2 Å². The van der Waals surface area contributed by atoms with Crippen molar-refractivity contribution in [3.05, 3.63) is 53.1 Å². The van der Waals surface area contributed by atoms with Gasteiger partial charge in [0, 0.05) is 0 Å². The zero-order valence-corrected chi connectivity index (χ0v) is 16.4. The van der Waals surface area contributed by atoms with Gasteiger partial charge < -0.3 is 19.5 Å². The van der Waals surface area contributed by atoms with Gasteiger partial charge in [-0.1, -0.05) is 25.1 Å². The molecule has 2 atom stereocenters. The van der Waals surface area contributed by atoms with Crippen LogP contribution in [0.5, 0.6) is 17.2 Å². The van der Waals surface area contributed by atoms with Crippen LogP contribution in [-0.2, 0) is 4.79 Å². The van der Waals surface area contributed by atoms with Crippen molar-refractivity contribution in [1.29, 1.82) is 0 Å². The van der Waals surface area contributed by atoms with Gasteiger partial charge in [0.25, 0.3) is 5.91 Å². The maximum absolute atomic E-state index is 12.8. The Morgan fingerprint density at radius 1 is 1.11 bits per heavy atom. The maximum atomic E-state index is 12.8. The highest BCUT2D eigenvalue weighted by atomic mass is 16.6. The summed E-state index contributed by atoms with van der Waals surface area (Å²) in [6, 6.07) is 11.6. The first kappa shape index (κ1) is 19.1. The lowest BCUT2D eigenvalue weighted by molar-refractivity contribution is -0.128. The van der Waals surface area contributed by atoms with Crippen LogP contribution >= 0.6 is 0 Å². The Morgan fingerprint density at radius 3 is 2.59 bits per heavy atom. The molecule has 0 bridgehead atoms. The summed E-state index contributed by atoms with van der Waals surface area (Å²) in [7, 11) is 0. The molecule has 2 aromatic rings. The topological polar surface area (TPSA) is 56.8 Å². The van der Waals surface area contributed by atoms with Crippen LogP contribution in [0.25, 0.3) is 0 Å². The minimum atomic E-state index is -0.537. The molecule has 1 aliphatic rings. The first-order valence-electron chi connectivity index (χ1n) is 9.41. The van der Waals surface area contributed by atoms with Gasteiger partial charge in [-0.2, -0.15) is 0 Å². The van der Waals surface area contributed by atoms with Crippen LogP contribution < -0.4 is 19.5 Å². The first-order valence-corrected chi connectivity index (χ1v) is 9.41. The summed E-state index contributed by atoms with van der Waals surface area (Å²) < 4.78 is 17.2. The van der Waals surface area contributed by atoms with Gasteiger partial charge in [-0.3, -0.25) is 4.79 Å². The average molecular weight is 369 g/mol. The molecule has 0 fully saturated rings. The van der Waals surface area contributed by atoms with E-state index in [1.165, 1.54) is 0 Å². The number of ether oxygens (including phenoxy) is 3. The van der Waals surface area contributed by atoms with E-state index >= 15 is 0 Å². The molecule has 0 saturated carbocycles. The van der Waals surface area contributed by atoms with E-state index < -0.39 is 6.10 Å². The Morgan fingerprint density at radius 2 is 1.85 bits per heavy atom. The normalized spacial score (nSPS) is 15.0. The molecule has 0 saturated heterocycles. The van der Waals surface area contributed by atoms with E-state index in [0.29, 0.717) is 19.6 Å². The summed E-state index contributed by atoms with van der Waals surface area (Å²) in [5, 5.41) is 3.05. The summed E-state index contributed by atoms with van der Waals surface area (Å²) >= 11 is 0.